The van der Waals surface area contributed by atoms with Crippen molar-refractivity contribution in [3.63, 3.8) is 0 Å². The molecule has 1 fully saturated rings. The van der Waals surface area contributed by atoms with Crippen LogP contribution < -0.4 is 19.5 Å². The van der Waals surface area contributed by atoms with Crippen LogP contribution in [0.15, 0.2) is 30.3 Å². The van der Waals surface area contributed by atoms with Crippen LogP contribution in [0.4, 0.5) is 0 Å². The van der Waals surface area contributed by atoms with Gasteiger partial charge in [-0.2, -0.15) is 0 Å². The van der Waals surface area contributed by atoms with Gasteiger partial charge in [-0.3, -0.25) is 9.59 Å². The van der Waals surface area contributed by atoms with E-state index in [1.54, 1.807) is 37.3 Å². The van der Waals surface area contributed by atoms with Crippen molar-refractivity contribution in [3.05, 3.63) is 52.6 Å². The Morgan fingerprint density at radius 1 is 0.969 bits per heavy atom. The Hall–Kier alpha value is -3.22. The van der Waals surface area contributed by atoms with Gasteiger partial charge in [0.15, 0.2) is 6.61 Å². The molecule has 7 nitrogen and oxygen atoms in total. The Bertz CT molecular complexity index is 958. The number of nitrogens with one attached hydrogen (secondary N) is 1. The van der Waals surface area contributed by atoms with Gasteiger partial charge in [-0.05, 0) is 62.4 Å². The molecule has 0 bridgehead atoms. The number of nitrogens with zero attached hydrogens (tertiary/aromatic N) is 1. The number of amides is 2. The molecule has 2 aromatic carbocycles. The number of ether oxygens (including phenoxy) is 3. The van der Waals surface area contributed by atoms with Crippen molar-refractivity contribution >= 4 is 11.8 Å². The fraction of sp³-hybridized carbons (Fsp3) is 0.440. The minimum Gasteiger partial charge on any atom is -0.497 e. The van der Waals surface area contributed by atoms with Crippen LogP contribution in [0, 0.1) is 20.8 Å². The molecule has 1 aliphatic rings. The van der Waals surface area contributed by atoms with Gasteiger partial charge in [0, 0.05) is 30.8 Å². The van der Waals surface area contributed by atoms with Crippen molar-refractivity contribution in [3.8, 4) is 17.2 Å². The zero-order chi connectivity index (χ0) is 23.3. The van der Waals surface area contributed by atoms with E-state index >= 15 is 0 Å². The van der Waals surface area contributed by atoms with Crippen LogP contribution in [0.1, 0.15) is 39.9 Å². The van der Waals surface area contributed by atoms with Gasteiger partial charge in [-0.15, -0.1) is 0 Å². The van der Waals surface area contributed by atoms with Gasteiger partial charge >= 0.3 is 0 Å². The fourth-order valence-electron chi connectivity index (χ4n) is 3.85. The lowest BCUT2D eigenvalue weighted by molar-refractivity contribution is -0.134. The summed E-state index contributed by atoms with van der Waals surface area (Å²) >= 11 is 0. The number of hydrogen-bond acceptors (Lipinski definition) is 5. The summed E-state index contributed by atoms with van der Waals surface area (Å²) in [6, 6.07) is 9.16. The van der Waals surface area contributed by atoms with Gasteiger partial charge in [0.1, 0.15) is 17.2 Å². The Kier molecular flexibility index (Phi) is 7.62. The summed E-state index contributed by atoms with van der Waals surface area (Å²) in [5, 5.41) is 3.06. The molecule has 1 saturated heterocycles. The monoisotopic (exact) mass is 440 g/mol. The van der Waals surface area contributed by atoms with E-state index in [1.807, 2.05) is 26.8 Å². The molecule has 3 rings (SSSR count). The summed E-state index contributed by atoms with van der Waals surface area (Å²) in [5.41, 5.74) is 3.71. The first-order valence-electron chi connectivity index (χ1n) is 10.8. The Balaban J connectivity index is 1.51. The number of rotatable bonds is 7. The van der Waals surface area contributed by atoms with E-state index in [0.717, 1.165) is 22.4 Å². The molecule has 2 amide bonds. The van der Waals surface area contributed by atoms with Crippen LogP contribution in [0.25, 0.3) is 0 Å². The van der Waals surface area contributed by atoms with E-state index in [9.17, 15) is 9.59 Å². The van der Waals surface area contributed by atoms with Crippen LogP contribution >= 0.6 is 0 Å². The molecule has 1 heterocycles. The summed E-state index contributed by atoms with van der Waals surface area (Å²) in [4.78, 5) is 27.2. The number of hydrogen-bond donors (Lipinski definition) is 1. The first-order chi connectivity index (χ1) is 15.3. The molecule has 0 aromatic heterocycles. The number of piperidine rings is 1. The summed E-state index contributed by atoms with van der Waals surface area (Å²) < 4.78 is 16.3. The van der Waals surface area contributed by atoms with Crippen molar-refractivity contribution in [2.24, 2.45) is 0 Å². The molecule has 0 atom stereocenters. The van der Waals surface area contributed by atoms with Crippen molar-refractivity contribution in [1.82, 2.24) is 10.2 Å². The SMILES string of the molecule is COc1cc(OC)cc(C(=O)NC2CCN(C(=O)COc3c(C)ccc(C)c3C)CC2)c1. The highest BCUT2D eigenvalue weighted by atomic mass is 16.5. The molecule has 7 heteroatoms. The smallest absolute Gasteiger partial charge is 0.260 e. The lowest BCUT2D eigenvalue weighted by Crippen LogP contribution is -2.47. The van der Waals surface area contributed by atoms with Crippen LogP contribution in [0.5, 0.6) is 17.2 Å². The van der Waals surface area contributed by atoms with Crippen molar-refractivity contribution in [2.75, 3.05) is 33.9 Å². The maximum absolute atomic E-state index is 12.7. The summed E-state index contributed by atoms with van der Waals surface area (Å²) in [7, 11) is 3.10. The molecule has 32 heavy (non-hydrogen) atoms. The molecular formula is C25H32N2O5. The summed E-state index contributed by atoms with van der Waals surface area (Å²) in [6.07, 6.45) is 1.39. The average molecular weight is 441 g/mol. The molecule has 0 aliphatic carbocycles. The van der Waals surface area contributed by atoms with Crippen molar-refractivity contribution < 1.29 is 23.8 Å². The third-order valence-electron chi connectivity index (χ3n) is 6.01. The van der Waals surface area contributed by atoms with Crippen LogP contribution in [-0.2, 0) is 4.79 Å². The highest BCUT2D eigenvalue weighted by Crippen LogP contribution is 2.26. The first-order valence-corrected chi connectivity index (χ1v) is 10.8. The minimum absolute atomic E-state index is 0.00549. The fourth-order valence-corrected chi connectivity index (χ4v) is 3.85. The van der Waals surface area contributed by atoms with Gasteiger partial charge < -0.3 is 24.4 Å². The summed E-state index contributed by atoms with van der Waals surface area (Å²) in [6.45, 7) is 7.21. The molecule has 0 radical (unpaired) electrons. The molecule has 0 spiro atoms. The number of carbonyl (C=O) groups is 2. The number of benzene rings is 2. The van der Waals surface area contributed by atoms with Gasteiger partial charge in [0.25, 0.3) is 11.8 Å². The largest absolute Gasteiger partial charge is 0.497 e. The quantitative estimate of drug-likeness (QED) is 0.714. The zero-order valence-corrected chi connectivity index (χ0v) is 19.5. The van der Waals surface area contributed by atoms with E-state index in [1.165, 1.54) is 0 Å². The second-order valence-corrected chi connectivity index (χ2v) is 8.17. The number of aryl methyl sites for hydroxylation is 2. The van der Waals surface area contributed by atoms with Crippen LogP contribution in [0.2, 0.25) is 0 Å². The predicted octanol–water partition coefficient (Wildman–Crippen LogP) is 3.43. The second kappa shape index (κ2) is 10.4. The topological polar surface area (TPSA) is 77.1 Å². The second-order valence-electron chi connectivity index (χ2n) is 8.17. The highest BCUT2D eigenvalue weighted by Gasteiger charge is 2.25. The van der Waals surface area contributed by atoms with E-state index in [0.29, 0.717) is 43.0 Å². The molecular weight excluding hydrogens is 408 g/mol. The third-order valence-corrected chi connectivity index (χ3v) is 6.01. The Labute approximate surface area is 189 Å². The van der Waals surface area contributed by atoms with Gasteiger partial charge in [0.05, 0.1) is 14.2 Å². The molecule has 1 aliphatic heterocycles. The van der Waals surface area contributed by atoms with E-state index in [-0.39, 0.29) is 24.5 Å². The normalized spacial score (nSPS) is 14.1. The summed E-state index contributed by atoms with van der Waals surface area (Å²) in [5.74, 6) is 1.70. The standard InChI is InChI=1S/C25H32N2O5/c1-16-6-7-17(2)24(18(16)3)32-15-23(28)27-10-8-20(9-11-27)26-25(29)19-12-21(30-4)14-22(13-19)31-5/h6-7,12-14,20H,8-11,15H2,1-5H3,(H,26,29). The van der Waals surface area contributed by atoms with Gasteiger partial charge in [-0.25, -0.2) is 0 Å². The minimum atomic E-state index is -0.180. The molecule has 172 valence electrons. The zero-order valence-electron chi connectivity index (χ0n) is 19.5. The van der Waals surface area contributed by atoms with Crippen LogP contribution in [0.3, 0.4) is 0 Å². The number of methoxy groups -OCH3 is 2. The van der Waals surface area contributed by atoms with Gasteiger partial charge in [-0.1, -0.05) is 12.1 Å². The van der Waals surface area contributed by atoms with Crippen LogP contribution in [-0.4, -0.2) is 56.7 Å². The highest BCUT2D eigenvalue weighted by molar-refractivity contribution is 5.95. The maximum Gasteiger partial charge on any atom is 0.260 e. The van der Waals surface area contributed by atoms with E-state index in [4.69, 9.17) is 14.2 Å². The van der Waals surface area contributed by atoms with Crippen molar-refractivity contribution in [2.45, 2.75) is 39.7 Å². The maximum atomic E-state index is 12.7. The van der Waals surface area contributed by atoms with Gasteiger partial charge in [0.2, 0.25) is 0 Å². The third kappa shape index (κ3) is 5.52. The van der Waals surface area contributed by atoms with E-state index < -0.39 is 0 Å². The lowest BCUT2D eigenvalue weighted by atomic mass is 10.0. The Morgan fingerprint density at radius 2 is 1.56 bits per heavy atom. The molecule has 0 unspecified atom stereocenters. The predicted molar refractivity (Wildman–Crippen MR) is 123 cm³/mol. The van der Waals surface area contributed by atoms with Crippen molar-refractivity contribution in [1.29, 1.82) is 0 Å². The number of likely N-dealkylation sites (tertiary alicyclic amines) is 1. The molecule has 1 N–H and O–H groups in total. The first kappa shape index (κ1) is 23.4. The number of carbonyl (C=O) groups excluding carboxylic acids is 2. The lowest BCUT2D eigenvalue weighted by Gasteiger charge is -2.32. The van der Waals surface area contributed by atoms with E-state index in [2.05, 4.69) is 11.4 Å². The molecule has 2 aromatic rings. The Morgan fingerprint density at radius 3 is 2.16 bits per heavy atom. The average Bonchev–Trinajstić information content (AvgIpc) is 2.81. The molecule has 0 saturated carbocycles.